The van der Waals surface area contributed by atoms with Gasteiger partial charge in [-0.15, -0.1) is 0 Å². The van der Waals surface area contributed by atoms with Gasteiger partial charge in [0, 0.05) is 33.2 Å². The molecular formula is C30H33N3O3. The number of hydrogen-bond acceptors (Lipinski definition) is 4. The molecule has 0 aliphatic carbocycles. The lowest BCUT2D eigenvalue weighted by molar-refractivity contribution is -0.136. The third-order valence-electron chi connectivity index (χ3n) is 7.32. The Hall–Kier alpha value is -3.64. The predicted molar refractivity (Wildman–Crippen MR) is 142 cm³/mol. The fourth-order valence-corrected chi connectivity index (χ4v) is 5.19. The maximum absolute atomic E-state index is 13.6. The van der Waals surface area contributed by atoms with Gasteiger partial charge in [-0.1, -0.05) is 48.5 Å². The number of aryl methyl sites for hydroxylation is 1. The highest BCUT2D eigenvalue weighted by Crippen LogP contribution is 2.36. The van der Waals surface area contributed by atoms with Crippen LogP contribution in [-0.4, -0.2) is 42.3 Å². The topological polar surface area (TPSA) is 65.4 Å². The number of amides is 1. The summed E-state index contributed by atoms with van der Waals surface area (Å²) in [5.41, 5.74) is 4.99. The van der Waals surface area contributed by atoms with E-state index in [0.717, 1.165) is 39.3 Å². The summed E-state index contributed by atoms with van der Waals surface area (Å²) in [6.45, 7) is 1.77. The average molecular weight is 484 g/mol. The monoisotopic (exact) mass is 483 g/mol. The maximum atomic E-state index is 13.6. The summed E-state index contributed by atoms with van der Waals surface area (Å²) in [4.78, 5) is 18.3. The van der Waals surface area contributed by atoms with Gasteiger partial charge in [0.05, 0.1) is 23.6 Å². The second-order valence-electron chi connectivity index (χ2n) is 9.58. The van der Waals surface area contributed by atoms with Gasteiger partial charge in [0.25, 0.3) is 0 Å². The minimum absolute atomic E-state index is 0.108. The molecule has 36 heavy (non-hydrogen) atoms. The smallest absolute Gasteiger partial charge is 0.226 e. The van der Waals surface area contributed by atoms with Crippen molar-refractivity contribution in [1.29, 1.82) is 0 Å². The number of carbonyl (C=O) groups excluding carboxylic acids is 1. The number of rotatable bonds is 8. The molecule has 0 unspecified atom stereocenters. The summed E-state index contributed by atoms with van der Waals surface area (Å²) in [6.07, 6.45) is 2.81. The summed E-state index contributed by atoms with van der Waals surface area (Å²) in [5.74, 6) is 1.92. The number of methoxy groups -OCH3 is 1. The van der Waals surface area contributed by atoms with Gasteiger partial charge in [-0.3, -0.25) is 4.79 Å². The first-order chi connectivity index (χ1) is 17.6. The van der Waals surface area contributed by atoms with Crippen LogP contribution in [0.2, 0.25) is 0 Å². The average Bonchev–Trinajstić information content (AvgIpc) is 3.24. The normalized spacial score (nSPS) is 15.1. The first-order valence-corrected chi connectivity index (χ1v) is 12.6. The number of hydrogen-bond donors (Lipinski definition) is 1. The molecular weight excluding hydrogens is 450 g/mol. The highest BCUT2D eigenvalue weighted by Gasteiger charge is 2.40. The second kappa shape index (κ2) is 10.5. The lowest BCUT2D eigenvalue weighted by atomic mass is 9.74. The van der Waals surface area contributed by atoms with Gasteiger partial charge in [-0.05, 0) is 60.2 Å². The number of ether oxygens (including phenoxy) is 2. The van der Waals surface area contributed by atoms with Gasteiger partial charge in [0.15, 0.2) is 0 Å². The van der Waals surface area contributed by atoms with Crippen LogP contribution in [0, 0.1) is 5.41 Å². The van der Waals surface area contributed by atoms with E-state index in [-0.39, 0.29) is 5.91 Å². The molecule has 5 rings (SSSR count). The molecule has 0 saturated carbocycles. The molecule has 1 saturated heterocycles. The zero-order valence-electron chi connectivity index (χ0n) is 21.0. The van der Waals surface area contributed by atoms with E-state index in [2.05, 4.69) is 46.3 Å². The third-order valence-corrected chi connectivity index (χ3v) is 7.32. The molecule has 2 heterocycles. The number of aromatic nitrogens is 2. The predicted octanol–water partition coefficient (Wildman–Crippen LogP) is 4.95. The Labute approximate surface area is 212 Å². The standard InChI is InChI=1S/C30H33N3O3/c1-33-27-12-4-3-11-26(27)32-28(33)13-16-31-29(34)30(14-17-36-18-15-30)21-22-7-5-8-23(19-22)24-9-6-10-25(20-24)35-2/h3-12,19-20H,13-18,21H2,1-2H3,(H,31,34). The second-order valence-corrected chi connectivity index (χ2v) is 9.58. The number of imidazole rings is 1. The van der Waals surface area contributed by atoms with Crippen molar-refractivity contribution in [3.8, 4) is 16.9 Å². The molecule has 1 aromatic heterocycles. The number of nitrogens with zero attached hydrogens (tertiary/aromatic N) is 2. The number of nitrogens with one attached hydrogen (secondary N) is 1. The fraction of sp³-hybridized carbons (Fsp3) is 0.333. The van der Waals surface area contributed by atoms with E-state index in [1.165, 1.54) is 0 Å². The molecule has 1 N–H and O–H groups in total. The summed E-state index contributed by atoms with van der Waals surface area (Å²) < 4.78 is 13.2. The lowest BCUT2D eigenvalue weighted by Crippen LogP contribution is -2.46. The van der Waals surface area contributed by atoms with Crippen molar-refractivity contribution in [3.63, 3.8) is 0 Å². The van der Waals surface area contributed by atoms with Gasteiger partial charge >= 0.3 is 0 Å². The van der Waals surface area contributed by atoms with Gasteiger partial charge in [-0.25, -0.2) is 4.98 Å². The molecule has 186 valence electrons. The molecule has 0 spiro atoms. The van der Waals surface area contributed by atoms with Gasteiger partial charge in [0.2, 0.25) is 5.91 Å². The number of benzene rings is 3. The Bertz CT molecular complexity index is 1350. The zero-order chi connectivity index (χ0) is 25.0. The highest BCUT2D eigenvalue weighted by atomic mass is 16.5. The summed E-state index contributed by atoms with van der Waals surface area (Å²) in [5, 5.41) is 3.23. The molecule has 1 fully saturated rings. The molecule has 4 aromatic rings. The summed E-state index contributed by atoms with van der Waals surface area (Å²) in [6, 6.07) is 24.7. The minimum atomic E-state index is -0.475. The summed E-state index contributed by atoms with van der Waals surface area (Å²) >= 11 is 0. The number of carbonyl (C=O) groups is 1. The van der Waals surface area contributed by atoms with Crippen molar-refractivity contribution in [2.75, 3.05) is 26.9 Å². The first kappa shape index (κ1) is 24.1. The van der Waals surface area contributed by atoms with Crippen LogP contribution in [0.25, 0.3) is 22.2 Å². The number of fused-ring (bicyclic) bond motifs is 1. The van der Waals surface area contributed by atoms with Gasteiger partial charge in [0.1, 0.15) is 11.6 Å². The Morgan fingerprint density at radius 2 is 1.78 bits per heavy atom. The fourth-order valence-electron chi connectivity index (χ4n) is 5.19. The molecule has 0 atom stereocenters. The molecule has 6 nitrogen and oxygen atoms in total. The summed E-state index contributed by atoms with van der Waals surface area (Å²) in [7, 11) is 3.71. The Morgan fingerprint density at radius 3 is 2.56 bits per heavy atom. The van der Waals surface area contributed by atoms with E-state index in [1.54, 1.807) is 7.11 Å². The Kier molecular flexibility index (Phi) is 7.05. The van der Waals surface area contributed by atoms with Crippen molar-refractivity contribution < 1.29 is 14.3 Å². The van der Waals surface area contributed by atoms with Crippen LogP contribution in [0.4, 0.5) is 0 Å². The van der Waals surface area contributed by atoms with Crippen molar-refractivity contribution in [3.05, 3.63) is 84.2 Å². The zero-order valence-corrected chi connectivity index (χ0v) is 21.0. The lowest BCUT2D eigenvalue weighted by Gasteiger charge is -2.36. The van der Waals surface area contributed by atoms with Crippen molar-refractivity contribution in [1.82, 2.24) is 14.9 Å². The van der Waals surface area contributed by atoms with E-state index >= 15 is 0 Å². The van der Waals surface area contributed by atoms with E-state index in [1.807, 2.05) is 43.4 Å². The van der Waals surface area contributed by atoms with Crippen LogP contribution in [0.5, 0.6) is 5.75 Å². The SMILES string of the molecule is COc1cccc(-c2cccc(CC3(C(=O)NCCc4nc5ccccc5n4C)CCOCC3)c2)c1. The van der Waals surface area contributed by atoms with Crippen molar-refractivity contribution >= 4 is 16.9 Å². The number of para-hydroxylation sites is 2. The van der Waals surface area contributed by atoms with Crippen molar-refractivity contribution in [2.24, 2.45) is 12.5 Å². The Balaban J connectivity index is 1.30. The minimum Gasteiger partial charge on any atom is -0.497 e. The van der Waals surface area contributed by atoms with Crippen LogP contribution in [0.15, 0.2) is 72.8 Å². The van der Waals surface area contributed by atoms with Crippen molar-refractivity contribution in [2.45, 2.75) is 25.7 Å². The molecule has 3 aromatic carbocycles. The van der Waals surface area contributed by atoms with Crippen LogP contribution < -0.4 is 10.1 Å². The van der Waals surface area contributed by atoms with E-state index in [4.69, 9.17) is 14.5 Å². The van der Waals surface area contributed by atoms with E-state index < -0.39 is 5.41 Å². The molecule has 6 heteroatoms. The van der Waals surface area contributed by atoms with Crippen LogP contribution in [0.3, 0.4) is 0 Å². The largest absolute Gasteiger partial charge is 0.497 e. The van der Waals surface area contributed by atoms with Crippen LogP contribution in [-0.2, 0) is 29.4 Å². The quantitative estimate of drug-likeness (QED) is 0.385. The van der Waals surface area contributed by atoms with Crippen LogP contribution >= 0.6 is 0 Å². The molecule has 1 aliphatic heterocycles. The third kappa shape index (κ3) is 5.00. The van der Waals surface area contributed by atoms with Gasteiger partial charge < -0.3 is 19.4 Å². The van der Waals surface area contributed by atoms with Gasteiger partial charge in [-0.2, -0.15) is 0 Å². The molecule has 0 bridgehead atoms. The molecule has 1 aliphatic rings. The van der Waals surface area contributed by atoms with E-state index in [9.17, 15) is 4.79 Å². The first-order valence-electron chi connectivity index (χ1n) is 12.6. The molecule has 0 radical (unpaired) electrons. The highest BCUT2D eigenvalue weighted by molar-refractivity contribution is 5.83. The molecule has 1 amide bonds. The maximum Gasteiger partial charge on any atom is 0.226 e. The van der Waals surface area contributed by atoms with Crippen LogP contribution in [0.1, 0.15) is 24.2 Å². The van der Waals surface area contributed by atoms with E-state index in [0.29, 0.717) is 45.4 Å². The Morgan fingerprint density at radius 1 is 1.03 bits per heavy atom.